The maximum atomic E-state index is 12.7. The van der Waals surface area contributed by atoms with Gasteiger partial charge in [-0.3, -0.25) is 9.69 Å². The summed E-state index contributed by atoms with van der Waals surface area (Å²) in [5.41, 5.74) is -0.259. The number of carbonyl (C=O) groups excluding carboxylic acids is 1. The summed E-state index contributed by atoms with van der Waals surface area (Å²) in [5.74, 6) is 0.897. The van der Waals surface area contributed by atoms with E-state index >= 15 is 0 Å². The molecule has 0 amide bonds. The van der Waals surface area contributed by atoms with E-state index in [4.69, 9.17) is 0 Å². The third-order valence-corrected chi connectivity index (χ3v) is 6.57. The smallest absolute Gasteiger partial charge is 0.138 e. The number of nitrogens with zero attached hydrogens (tertiary/aromatic N) is 1. The first-order valence-corrected chi connectivity index (χ1v) is 9.47. The lowest BCUT2D eigenvalue weighted by atomic mass is 9.72. The molecule has 0 spiro atoms. The zero-order chi connectivity index (χ0) is 18.2. The Hall–Kier alpha value is -1.45. The molecule has 2 aliphatic rings. The van der Waals surface area contributed by atoms with E-state index in [0.29, 0.717) is 24.7 Å². The van der Waals surface area contributed by atoms with Crippen LogP contribution >= 0.6 is 0 Å². The molecule has 0 aromatic heterocycles. The maximum Gasteiger partial charge on any atom is 0.138 e. The highest BCUT2D eigenvalue weighted by atomic mass is 16.3. The number of rotatable bonds is 4. The van der Waals surface area contributed by atoms with Gasteiger partial charge in [-0.15, -0.1) is 6.58 Å². The van der Waals surface area contributed by atoms with Gasteiger partial charge in [0.2, 0.25) is 0 Å². The van der Waals surface area contributed by atoms with Crippen molar-refractivity contribution in [3.8, 4) is 0 Å². The number of aliphatic hydroxyl groups is 1. The molecule has 1 aliphatic heterocycles. The normalized spacial score (nSPS) is 34.2. The van der Waals surface area contributed by atoms with Crippen LogP contribution in [0.1, 0.15) is 45.6 Å². The molecule has 1 aliphatic carbocycles. The fraction of sp³-hybridized carbons (Fsp3) is 0.591. The Labute approximate surface area is 151 Å². The van der Waals surface area contributed by atoms with Crippen molar-refractivity contribution >= 4 is 5.78 Å². The van der Waals surface area contributed by atoms with E-state index in [1.165, 1.54) is 0 Å². The molecule has 0 radical (unpaired) electrons. The first kappa shape index (κ1) is 18.3. The number of Topliss-reactive ketones (excluding diaryl/α,β-unsaturated/α-hetero) is 1. The van der Waals surface area contributed by atoms with Crippen molar-refractivity contribution < 1.29 is 9.90 Å². The van der Waals surface area contributed by atoms with Crippen molar-refractivity contribution in [2.24, 2.45) is 17.8 Å². The Balaban J connectivity index is 1.86. The minimum absolute atomic E-state index is 0.0354. The van der Waals surface area contributed by atoms with Crippen molar-refractivity contribution in [1.82, 2.24) is 4.90 Å². The summed E-state index contributed by atoms with van der Waals surface area (Å²) >= 11 is 0. The van der Waals surface area contributed by atoms with Gasteiger partial charge in [0.15, 0.2) is 0 Å². The Morgan fingerprint density at radius 2 is 1.96 bits per heavy atom. The second-order valence-electron chi connectivity index (χ2n) is 8.57. The van der Waals surface area contributed by atoms with Crippen LogP contribution in [0.5, 0.6) is 0 Å². The predicted molar refractivity (Wildman–Crippen MR) is 101 cm³/mol. The largest absolute Gasteiger partial charge is 0.383 e. The molecule has 0 unspecified atom stereocenters. The van der Waals surface area contributed by atoms with E-state index < -0.39 is 5.60 Å². The minimum Gasteiger partial charge on any atom is -0.383 e. The van der Waals surface area contributed by atoms with Crippen LogP contribution in [0, 0.1) is 17.8 Å². The van der Waals surface area contributed by atoms with Crippen molar-refractivity contribution in [2.75, 3.05) is 13.1 Å². The van der Waals surface area contributed by atoms with Crippen molar-refractivity contribution in [3.05, 3.63) is 48.6 Å². The van der Waals surface area contributed by atoms with Gasteiger partial charge in [-0.05, 0) is 38.2 Å². The molecule has 136 valence electrons. The average molecular weight is 341 g/mol. The molecule has 1 N–H and O–H groups in total. The first-order valence-electron chi connectivity index (χ1n) is 9.47. The van der Waals surface area contributed by atoms with Gasteiger partial charge in [-0.1, -0.05) is 43.3 Å². The van der Waals surface area contributed by atoms with Gasteiger partial charge >= 0.3 is 0 Å². The van der Waals surface area contributed by atoms with E-state index in [2.05, 4.69) is 32.3 Å². The van der Waals surface area contributed by atoms with Gasteiger partial charge in [0.05, 0.1) is 0 Å². The monoisotopic (exact) mass is 341 g/mol. The van der Waals surface area contributed by atoms with Gasteiger partial charge in [-0.2, -0.15) is 0 Å². The second-order valence-corrected chi connectivity index (χ2v) is 8.57. The van der Waals surface area contributed by atoms with E-state index in [1.807, 2.05) is 36.4 Å². The summed E-state index contributed by atoms with van der Waals surface area (Å²) in [4.78, 5) is 15.0. The molecule has 1 saturated heterocycles. The molecule has 3 rings (SSSR count). The van der Waals surface area contributed by atoms with Gasteiger partial charge in [-0.25, -0.2) is 0 Å². The van der Waals surface area contributed by atoms with Crippen LogP contribution in [-0.2, 0) is 10.4 Å². The molecule has 1 aromatic rings. The standard InChI is InChI=1S/C22H31NO2/c1-5-17-14-23(15-22(17,25)18-9-7-6-8-10-18)21(3,4)19-12-11-16(2)13-20(19)24/h5-10,16-17,19,25H,1,11-15H2,2-4H3/t16-,17+,19-,22-/m1/s1. The molecular formula is C22H31NO2. The number of likely N-dealkylation sites (tertiary alicyclic amines) is 1. The van der Waals surface area contributed by atoms with Crippen LogP contribution in [0.3, 0.4) is 0 Å². The minimum atomic E-state index is -0.939. The summed E-state index contributed by atoms with van der Waals surface area (Å²) in [5, 5.41) is 11.5. The topological polar surface area (TPSA) is 40.5 Å². The zero-order valence-corrected chi connectivity index (χ0v) is 15.7. The third kappa shape index (κ3) is 3.20. The van der Waals surface area contributed by atoms with E-state index in [9.17, 15) is 9.90 Å². The van der Waals surface area contributed by atoms with Crippen LogP contribution in [0.4, 0.5) is 0 Å². The Kier molecular flexibility index (Phi) is 4.91. The molecule has 25 heavy (non-hydrogen) atoms. The lowest BCUT2D eigenvalue weighted by Gasteiger charge is -2.44. The third-order valence-electron chi connectivity index (χ3n) is 6.57. The SMILES string of the molecule is C=C[C@H]1CN(C(C)(C)[C@@H]2CC[C@@H](C)CC2=O)C[C@]1(O)c1ccccc1. The molecular weight excluding hydrogens is 310 g/mol. The number of hydrogen-bond donors (Lipinski definition) is 1. The summed E-state index contributed by atoms with van der Waals surface area (Å²) < 4.78 is 0. The lowest BCUT2D eigenvalue weighted by Crippen LogP contribution is -2.53. The average Bonchev–Trinajstić information content (AvgIpc) is 2.94. The van der Waals surface area contributed by atoms with Gasteiger partial charge in [0.25, 0.3) is 0 Å². The highest BCUT2D eigenvalue weighted by Gasteiger charge is 2.51. The molecule has 0 bridgehead atoms. The molecule has 1 heterocycles. The molecule has 3 heteroatoms. The summed E-state index contributed by atoms with van der Waals surface area (Å²) in [7, 11) is 0. The number of ketones is 1. The molecule has 2 fully saturated rings. The van der Waals surface area contributed by atoms with Crippen LogP contribution in [-0.4, -0.2) is 34.4 Å². The van der Waals surface area contributed by atoms with E-state index in [0.717, 1.165) is 24.9 Å². The molecule has 1 saturated carbocycles. The van der Waals surface area contributed by atoms with Crippen molar-refractivity contribution in [2.45, 2.75) is 51.2 Å². The lowest BCUT2D eigenvalue weighted by molar-refractivity contribution is -0.131. The fourth-order valence-electron chi connectivity index (χ4n) is 4.77. The summed E-state index contributed by atoms with van der Waals surface area (Å²) in [6.07, 6.45) is 4.62. The number of hydrogen-bond acceptors (Lipinski definition) is 3. The van der Waals surface area contributed by atoms with Crippen LogP contribution in [0.25, 0.3) is 0 Å². The first-order chi connectivity index (χ1) is 11.8. The zero-order valence-electron chi connectivity index (χ0n) is 15.7. The summed E-state index contributed by atoms with van der Waals surface area (Å²) in [6.45, 7) is 11.7. The number of carbonyl (C=O) groups is 1. The van der Waals surface area contributed by atoms with E-state index in [1.54, 1.807) is 0 Å². The van der Waals surface area contributed by atoms with Gasteiger partial charge < -0.3 is 5.11 Å². The highest BCUT2D eigenvalue weighted by Crippen LogP contribution is 2.44. The Bertz CT molecular complexity index is 639. The molecule has 4 atom stereocenters. The number of β-amino-alcohol motifs (C(OH)–C–C–N with tert-alkyl or cyclic N) is 1. The maximum absolute atomic E-state index is 12.7. The quantitative estimate of drug-likeness (QED) is 0.848. The van der Waals surface area contributed by atoms with Gasteiger partial charge in [0, 0.05) is 36.9 Å². The van der Waals surface area contributed by atoms with Crippen molar-refractivity contribution in [1.29, 1.82) is 0 Å². The van der Waals surface area contributed by atoms with Crippen LogP contribution in [0.2, 0.25) is 0 Å². The van der Waals surface area contributed by atoms with E-state index in [-0.39, 0.29) is 17.4 Å². The Morgan fingerprint density at radius 1 is 1.28 bits per heavy atom. The van der Waals surface area contributed by atoms with Crippen LogP contribution in [0.15, 0.2) is 43.0 Å². The molecule has 3 nitrogen and oxygen atoms in total. The van der Waals surface area contributed by atoms with Gasteiger partial charge in [0.1, 0.15) is 11.4 Å². The van der Waals surface area contributed by atoms with Crippen LogP contribution < -0.4 is 0 Å². The molecule has 1 aromatic carbocycles. The predicted octanol–water partition coefficient (Wildman–Crippen LogP) is 3.78. The summed E-state index contributed by atoms with van der Waals surface area (Å²) in [6, 6.07) is 9.87. The second kappa shape index (κ2) is 6.69. The van der Waals surface area contributed by atoms with Crippen molar-refractivity contribution in [3.63, 3.8) is 0 Å². The highest BCUT2D eigenvalue weighted by molar-refractivity contribution is 5.83. The Morgan fingerprint density at radius 3 is 2.56 bits per heavy atom. The number of benzene rings is 1. The fourth-order valence-corrected chi connectivity index (χ4v) is 4.77.